The van der Waals surface area contributed by atoms with Gasteiger partial charge in [0.05, 0.1) is 22.8 Å². The van der Waals surface area contributed by atoms with Crippen LogP contribution in [0, 0.1) is 5.82 Å². The van der Waals surface area contributed by atoms with Crippen molar-refractivity contribution in [3.05, 3.63) is 34.4 Å². The van der Waals surface area contributed by atoms with E-state index in [1.54, 1.807) is 19.2 Å². The average molecular weight is 387 g/mol. The van der Waals surface area contributed by atoms with E-state index in [9.17, 15) is 14.0 Å². The van der Waals surface area contributed by atoms with Gasteiger partial charge >= 0.3 is 5.97 Å². The zero-order valence-electron chi connectivity index (χ0n) is 16.4. The molecule has 1 saturated heterocycles. The van der Waals surface area contributed by atoms with Gasteiger partial charge in [0, 0.05) is 38.6 Å². The Hall–Kier alpha value is -2.41. The van der Waals surface area contributed by atoms with Crippen molar-refractivity contribution in [2.45, 2.75) is 39.2 Å². The average Bonchev–Trinajstić information content (AvgIpc) is 3.55. The second-order valence-corrected chi connectivity index (χ2v) is 7.53. The molecule has 0 N–H and O–H groups in total. The predicted octanol–water partition coefficient (Wildman–Crippen LogP) is 2.93. The van der Waals surface area contributed by atoms with Crippen LogP contribution in [0.2, 0.25) is 0 Å². The molecule has 1 aliphatic heterocycles. The number of ether oxygens (including phenoxy) is 1. The quantitative estimate of drug-likeness (QED) is 0.739. The van der Waals surface area contributed by atoms with Gasteiger partial charge in [-0.2, -0.15) is 0 Å². The number of carbonyl (C=O) groups is 1. The number of aromatic nitrogens is 1. The third kappa shape index (κ3) is 3.51. The summed E-state index contributed by atoms with van der Waals surface area (Å²) < 4.78 is 22.2. The van der Waals surface area contributed by atoms with Crippen molar-refractivity contribution in [2.24, 2.45) is 0 Å². The van der Waals surface area contributed by atoms with Gasteiger partial charge in [0.15, 0.2) is 5.75 Å². The molecule has 2 fully saturated rings. The molecule has 0 amide bonds. The van der Waals surface area contributed by atoms with E-state index in [0.717, 1.165) is 45.6 Å². The normalized spacial score (nSPS) is 17.9. The number of nitrogens with zero attached hydrogens (tertiary/aromatic N) is 3. The Morgan fingerprint density at radius 1 is 1.18 bits per heavy atom. The van der Waals surface area contributed by atoms with E-state index in [1.165, 1.54) is 6.07 Å². The standard InChI is InChI=1S/C21H26FN3O3/c1-3-20(26)28-19-13-25(14-5-6-14)17-12-18(16(22)11-15(17)21(19)27)24-9-7-23(4-2)8-10-24/h11-14H,3-10H2,1-2H3. The Kier molecular flexibility index (Phi) is 5.10. The summed E-state index contributed by atoms with van der Waals surface area (Å²) in [7, 11) is 0. The maximum Gasteiger partial charge on any atom is 0.311 e. The third-order valence-corrected chi connectivity index (χ3v) is 5.68. The number of fused-ring (bicyclic) bond motifs is 1. The molecular formula is C21H26FN3O3. The molecule has 0 unspecified atom stereocenters. The zero-order chi connectivity index (χ0) is 19.8. The topological polar surface area (TPSA) is 54.8 Å². The first kappa shape index (κ1) is 18.9. The first-order chi connectivity index (χ1) is 13.5. The monoisotopic (exact) mass is 387 g/mol. The Balaban J connectivity index is 1.78. The fourth-order valence-corrected chi connectivity index (χ4v) is 3.80. The summed E-state index contributed by atoms with van der Waals surface area (Å²) >= 11 is 0. The van der Waals surface area contributed by atoms with Crippen molar-refractivity contribution < 1.29 is 13.9 Å². The van der Waals surface area contributed by atoms with Gasteiger partial charge in [0.25, 0.3) is 0 Å². The molecule has 2 aliphatic rings. The molecule has 2 aromatic rings. The highest BCUT2D eigenvalue weighted by Crippen LogP contribution is 2.39. The number of carbonyl (C=O) groups excluding carboxylic acids is 1. The van der Waals surface area contributed by atoms with Gasteiger partial charge in [0.2, 0.25) is 5.43 Å². The van der Waals surface area contributed by atoms with Crippen molar-refractivity contribution in [2.75, 3.05) is 37.6 Å². The molecule has 28 heavy (non-hydrogen) atoms. The SMILES string of the molecule is CCC(=O)Oc1cn(C2CC2)c2cc(N3CCN(CC)CC3)c(F)cc2c1=O. The van der Waals surface area contributed by atoms with Gasteiger partial charge in [0.1, 0.15) is 5.82 Å². The minimum Gasteiger partial charge on any atom is -0.421 e. The summed E-state index contributed by atoms with van der Waals surface area (Å²) in [5.41, 5.74) is 0.809. The van der Waals surface area contributed by atoms with Crippen LogP contribution in [0.25, 0.3) is 10.9 Å². The van der Waals surface area contributed by atoms with Crippen LogP contribution in [-0.4, -0.2) is 48.2 Å². The first-order valence-electron chi connectivity index (χ1n) is 10.1. The van der Waals surface area contributed by atoms with E-state index in [2.05, 4.69) is 11.8 Å². The van der Waals surface area contributed by atoms with E-state index in [4.69, 9.17) is 4.74 Å². The summed E-state index contributed by atoms with van der Waals surface area (Å²) in [6, 6.07) is 3.36. The highest BCUT2D eigenvalue weighted by atomic mass is 19.1. The minimum atomic E-state index is -0.468. The molecule has 0 atom stereocenters. The first-order valence-corrected chi connectivity index (χ1v) is 10.1. The second-order valence-electron chi connectivity index (χ2n) is 7.53. The van der Waals surface area contributed by atoms with Crippen molar-refractivity contribution in [1.82, 2.24) is 9.47 Å². The van der Waals surface area contributed by atoms with E-state index >= 15 is 0 Å². The van der Waals surface area contributed by atoms with E-state index in [0.29, 0.717) is 11.2 Å². The summed E-state index contributed by atoms with van der Waals surface area (Å²) in [6.07, 6.45) is 3.80. The molecule has 1 aromatic carbocycles. The molecule has 1 saturated carbocycles. The predicted molar refractivity (Wildman–Crippen MR) is 107 cm³/mol. The fourth-order valence-electron chi connectivity index (χ4n) is 3.80. The second kappa shape index (κ2) is 7.54. The largest absolute Gasteiger partial charge is 0.421 e. The highest BCUT2D eigenvalue weighted by molar-refractivity contribution is 5.85. The number of pyridine rings is 1. The van der Waals surface area contributed by atoms with Gasteiger partial charge in [-0.05, 0) is 31.5 Å². The third-order valence-electron chi connectivity index (χ3n) is 5.68. The number of esters is 1. The number of anilines is 1. The van der Waals surface area contributed by atoms with Crippen LogP contribution in [-0.2, 0) is 4.79 Å². The van der Waals surface area contributed by atoms with Crippen LogP contribution < -0.4 is 15.1 Å². The molecule has 1 aliphatic carbocycles. The number of hydrogen-bond donors (Lipinski definition) is 0. The maximum atomic E-state index is 15.0. The lowest BCUT2D eigenvalue weighted by Gasteiger charge is -2.35. The fraction of sp³-hybridized carbons (Fsp3) is 0.524. The highest BCUT2D eigenvalue weighted by Gasteiger charge is 2.28. The number of hydrogen-bond acceptors (Lipinski definition) is 5. The van der Waals surface area contributed by atoms with Gasteiger partial charge in [-0.3, -0.25) is 9.59 Å². The molecule has 4 rings (SSSR count). The van der Waals surface area contributed by atoms with Crippen LogP contribution in [0.1, 0.15) is 39.2 Å². The number of halogens is 1. The summed E-state index contributed by atoms with van der Waals surface area (Å²) in [5.74, 6) is -0.893. The van der Waals surface area contributed by atoms with Crippen molar-refractivity contribution in [3.63, 3.8) is 0 Å². The molecule has 7 heteroatoms. The van der Waals surface area contributed by atoms with Gasteiger partial charge < -0.3 is 19.1 Å². The lowest BCUT2D eigenvalue weighted by Crippen LogP contribution is -2.46. The summed E-state index contributed by atoms with van der Waals surface area (Å²) in [5, 5.41) is 0.266. The van der Waals surface area contributed by atoms with Crippen molar-refractivity contribution >= 4 is 22.6 Å². The van der Waals surface area contributed by atoms with Crippen LogP contribution in [0.4, 0.5) is 10.1 Å². The van der Waals surface area contributed by atoms with E-state index in [-0.39, 0.29) is 23.6 Å². The number of piperazine rings is 1. The van der Waals surface area contributed by atoms with Gasteiger partial charge in [-0.25, -0.2) is 4.39 Å². The van der Waals surface area contributed by atoms with Crippen LogP contribution >= 0.6 is 0 Å². The molecule has 150 valence electrons. The lowest BCUT2D eigenvalue weighted by atomic mass is 10.1. The van der Waals surface area contributed by atoms with Gasteiger partial charge in [-0.1, -0.05) is 13.8 Å². The zero-order valence-corrected chi connectivity index (χ0v) is 16.4. The van der Waals surface area contributed by atoms with E-state index < -0.39 is 17.2 Å². The molecule has 0 radical (unpaired) electrons. The Morgan fingerprint density at radius 3 is 2.50 bits per heavy atom. The lowest BCUT2D eigenvalue weighted by molar-refractivity contribution is -0.134. The van der Waals surface area contributed by atoms with Crippen LogP contribution in [0.15, 0.2) is 23.1 Å². The van der Waals surface area contributed by atoms with Crippen molar-refractivity contribution in [3.8, 4) is 5.75 Å². The maximum absolute atomic E-state index is 15.0. The molecule has 2 heterocycles. The molecular weight excluding hydrogens is 361 g/mol. The number of rotatable bonds is 5. The summed E-state index contributed by atoms with van der Waals surface area (Å²) in [4.78, 5) is 28.9. The molecule has 0 bridgehead atoms. The number of likely N-dealkylation sites (N-methyl/N-ethyl adjacent to an activating group) is 1. The Bertz CT molecular complexity index is 960. The van der Waals surface area contributed by atoms with E-state index in [1.807, 2.05) is 9.47 Å². The molecule has 0 spiro atoms. The summed E-state index contributed by atoms with van der Waals surface area (Å²) in [6.45, 7) is 8.11. The Morgan fingerprint density at radius 2 is 1.89 bits per heavy atom. The molecule has 1 aromatic heterocycles. The molecule has 6 nitrogen and oxygen atoms in total. The Labute approximate surface area is 163 Å². The van der Waals surface area contributed by atoms with Crippen LogP contribution in [0.5, 0.6) is 5.75 Å². The van der Waals surface area contributed by atoms with Crippen LogP contribution in [0.3, 0.4) is 0 Å². The smallest absolute Gasteiger partial charge is 0.311 e. The van der Waals surface area contributed by atoms with Gasteiger partial charge in [-0.15, -0.1) is 0 Å². The minimum absolute atomic E-state index is 0.0186. The van der Waals surface area contributed by atoms with Crippen molar-refractivity contribution in [1.29, 1.82) is 0 Å². The number of benzene rings is 1.